The number of methoxy groups -OCH3 is 3. The molecule has 2 aromatic carbocycles. The van der Waals surface area contributed by atoms with Gasteiger partial charge in [-0.15, -0.1) is 0 Å². The van der Waals surface area contributed by atoms with Gasteiger partial charge >= 0.3 is 6.01 Å². The maximum Gasteiger partial charge on any atom is 0.322 e. The number of nitrogens with one attached hydrogen (secondary N) is 1. The van der Waals surface area contributed by atoms with Gasteiger partial charge in [-0.2, -0.15) is 9.97 Å². The van der Waals surface area contributed by atoms with Crippen LogP contribution in [-0.4, -0.2) is 47.7 Å². The molecule has 6 rings (SSSR count). The molecule has 12 heteroatoms. The quantitative estimate of drug-likeness (QED) is 0.291. The zero-order valence-electron chi connectivity index (χ0n) is 23.7. The lowest BCUT2D eigenvalue weighted by atomic mass is 9.81. The van der Waals surface area contributed by atoms with Gasteiger partial charge in [-0.05, 0) is 42.7 Å². The number of aromatic nitrogens is 3. The molecule has 4 aromatic rings. The van der Waals surface area contributed by atoms with E-state index in [0.717, 1.165) is 5.56 Å². The van der Waals surface area contributed by atoms with Gasteiger partial charge in [0.15, 0.2) is 11.2 Å². The van der Waals surface area contributed by atoms with Crippen LogP contribution in [0.3, 0.4) is 0 Å². The fourth-order valence-electron chi connectivity index (χ4n) is 6.03. The Kier molecular flexibility index (Phi) is 6.58. The average Bonchev–Trinajstić information content (AvgIpc) is 3.57. The molecule has 2 aliphatic heterocycles. The van der Waals surface area contributed by atoms with E-state index in [2.05, 4.69) is 15.3 Å². The molecule has 0 fully saturated rings. The van der Waals surface area contributed by atoms with Crippen LogP contribution < -0.4 is 24.4 Å². The van der Waals surface area contributed by atoms with E-state index in [0.29, 0.717) is 49.5 Å². The van der Waals surface area contributed by atoms with Gasteiger partial charge in [0.2, 0.25) is 11.8 Å². The Morgan fingerprint density at radius 1 is 0.929 bits per heavy atom. The molecule has 0 radical (unpaired) electrons. The summed E-state index contributed by atoms with van der Waals surface area (Å²) in [5.74, 6) is -0.626. The maximum atomic E-state index is 14.6. The molecule has 4 heterocycles. The average molecular weight is 608 g/mol. The first kappa shape index (κ1) is 27.9. The summed E-state index contributed by atoms with van der Waals surface area (Å²) in [5.41, 5.74) is 2.73. The van der Waals surface area contributed by atoms with E-state index in [1.165, 1.54) is 21.3 Å². The third kappa shape index (κ3) is 3.71. The smallest absolute Gasteiger partial charge is 0.322 e. The van der Waals surface area contributed by atoms with Crippen LogP contribution in [0.2, 0.25) is 10.0 Å². The Morgan fingerprint density at radius 3 is 2.19 bits per heavy atom. The maximum absolute atomic E-state index is 14.6. The fraction of sp³-hybridized carbons (Fsp3) is 0.267. The topological polar surface area (TPSA) is 108 Å². The summed E-state index contributed by atoms with van der Waals surface area (Å²) in [6.07, 6.45) is 1.69. The number of hydrogen-bond donors (Lipinski definition) is 1. The lowest BCUT2D eigenvalue weighted by molar-refractivity contribution is -0.119. The Bertz CT molecular complexity index is 1780. The second-order valence-electron chi connectivity index (χ2n) is 10.3. The van der Waals surface area contributed by atoms with Crippen LogP contribution in [0.15, 0.2) is 42.6 Å². The van der Waals surface area contributed by atoms with Gasteiger partial charge in [0.1, 0.15) is 0 Å². The molecule has 0 aliphatic carbocycles. The van der Waals surface area contributed by atoms with Crippen molar-refractivity contribution in [3.8, 4) is 23.5 Å². The molecular formula is C30H27Cl2N5O5. The van der Waals surface area contributed by atoms with Crippen LogP contribution >= 0.6 is 23.2 Å². The number of anilines is 2. The summed E-state index contributed by atoms with van der Waals surface area (Å²) in [5, 5.41) is 3.88. The Balaban J connectivity index is 1.75. The highest BCUT2D eigenvalue weighted by Gasteiger charge is 2.63. The second kappa shape index (κ2) is 9.92. The molecule has 0 saturated carbocycles. The highest BCUT2D eigenvalue weighted by atomic mass is 35.5. The van der Waals surface area contributed by atoms with Gasteiger partial charge in [-0.3, -0.25) is 14.5 Å². The summed E-state index contributed by atoms with van der Waals surface area (Å²) < 4.78 is 18.3. The van der Waals surface area contributed by atoms with E-state index in [4.69, 9.17) is 37.4 Å². The number of halogens is 2. The summed E-state index contributed by atoms with van der Waals surface area (Å²) in [4.78, 5) is 39.3. The molecule has 10 nitrogen and oxygen atoms in total. The van der Waals surface area contributed by atoms with Crippen molar-refractivity contribution in [2.75, 3.05) is 31.5 Å². The van der Waals surface area contributed by atoms with Crippen molar-refractivity contribution in [1.82, 2.24) is 14.5 Å². The van der Waals surface area contributed by atoms with Crippen molar-refractivity contribution >= 4 is 46.4 Å². The van der Waals surface area contributed by atoms with Gasteiger partial charge < -0.3 is 24.1 Å². The largest absolute Gasteiger partial charge is 0.479 e. The molecule has 1 spiro atoms. The number of carbonyl (C=O) groups excluding carboxylic acids is 2. The lowest BCUT2D eigenvalue weighted by Gasteiger charge is -2.36. The van der Waals surface area contributed by atoms with Crippen molar-refractivity contribution in [1.29, 1.82) is 0 Å². The van der Waals surface area contributed by atoms with Crippen LogP contribution in [0.1, 0.15) is 52.5 Å². The SMILES string of the molecule is COc1nc(OC)c(-n2cc3c(c2C(C)C)C2(C(=O)Nc4cc(Cl)ccc42)N(c2cc(Cl)ccc2C)C3=O)c(OC)n1. The first-order chi connectivity index (χ1) is 20.1. The van der Waals surface area contributed by atoms with Crippen molar-refractivity contribution in [3.63, 3.8) is 0 Å². The predicted molar refractivity (Wildman–Crippen MR) is 159 cm³/mol. The highest BCUT2D eigenvalue weighted by Crippen LogP contribution is 2.56. The van der Waals surface area contributed by atoms with E-state index in [9.17, 15) is 9.59 Å². The van der Waals surface area contributed by atoms with E-state index in [-0.39, 0.29) is 29.6 Å². The Hall–Kier alpha value is -4.28. The second-order valence-corrected chi connectivity index (χ2v) is 11.2. The van der Waals surface area contributed by atoms with E-state index in [1.54, 1.807) is 46.0 Å². The molecule has 1 atom stereocenters. The van der Waals surface area contributed by atoms with Gasteiger partial charge in [-0.25, -0.2) is 0 Å². The molecular weight excluding hydrogens is 581 g/mol. The lowest BCUT2D eigenvalue weighted by Crippen LogP contribution is -2.51. The van der Waals surface area contributed by atoms with Crippen LogP contribution in [0.5, 0.6) is 17.8 Å². The van der Waals surface area contributed by atoms with Crippen molar-refractivity contribution in [2.24, 2.45) is 0 Å². The zero-order valence-corrected chi connectivity index (χ0v) is 25.2. The molecule has 0 saturated heterocycles. The standard InChI is InChI=1S/C30H27Cl2N5O5/c1-14(2)23-22-18(13-36(23)24-25(40-4)34-29(42-6)35-26(24)41-5)27(38)37(21-12-17(32)8-7-15(21)3)30(22)19-10-9-16(31)11-20(19)33-28(30)39/h7-14H,1-6H3,(H,33,39). The number of hydrogen-bond acceptors (Lipinski definition) is 7. The molecule has 2 amide bonds. The molecule has 0 bridgehead atoms. The molecule has 2 aromatic heterocycles. The number of nitrogens with zero attached hydrogens (tertiary/aromatic N) is 4. The van der Waals surface area contributed by atoms with Gasteiger partial charge in [0.05, 0.1) is 32.6 Å². The first-order valence-corrected chi connectivity index (χ1v) is 13.9. The number of amides is 2. The third-order valence-corrected chi connectivity index (χ3v) is 8.16. The summed E-state index contributed by atoms with van der Waals surface area (Å²) in [6.45, 7) is 5.84. The monoisotopic (exact) mass is 607 g/mol. The minimum Gasteiger partial charge on any atom is -0.479 e. The van der Waals surface area contributed by atoms with Crippen LogP contribution in [0, 0.1) is 6.92 Å². The van der Waals surface area contributed by atoms with Gasteiger partial charge in [0.25, 0.3) is 11.8 Å². The number of aryl methyl sites for hydroxylation is 1. The van der Waals surface area contributed by atoms with Gasteiger partial charge in [-0.1, -0.05) is 49.2 Å². The number of ether oxygens (including phenoxy) is 3. The molecule has 1 N–H and O–H groups in total. The highest BCUT2D eigenvalue weighted by molar-refractivity contribution is 6.32. The van der Waals surface area contributed by atoms with E-state index < -0.39 is 11.4 Å². The Morgan fingerprint density at radius 2 is 1.57 bits per heavy atom. The number of carbonyl (C=O) groups is 2. The molecule has 2 aliphatic rings. The summed E-state index contributed by atoms with van der Waals surface area (Å²) in [7, 11) is 4.38. The van der Waals surface area contributed by atoms with Crippen molar-refractivity contribution < 1.29 is 23.8 Å². The minimum absolute atomic E-state index is 0.0503. The predicted octanol–water partition coefficient (Wildman–Crippen LogP) is 5.89. The van der Waals surface area contributed by atoms with Crippen LogP contribution in [0.25, 0.3) is 5.69 Å². The number of benzene rings is 2. The van der Waals surface area contributed by atoms with E-state index >= 15 is 0 Å². The third-order valence-electron chi connectivity index (χ3n) is 7.69. The molecule has 1 unspecified atom stereocenters. The molecule has 216 valence electrons. The van der Waals surface area contributed by atoms with Gasteiger partial charge in [0, 0.05) is 38.8 Å². The fourth-order valence-corrected chi connectivity index (χ4v) is 6.37. The summed E-state index contributed by atoms with van der Waals surface area (Å²) >= 11 is 12.8. The zero-order chi connectivity index (χ0) is 30.1. The van der Waals surface area contributed by atoms with Crippen molar-refractivity contribution in [3.05, 3.63) is 80.6 Å². The number of rotatable bonds is 6. The molecule has 42 heavy (non-hydrogen) atoms. The van der Waals surface area contributed by atoms with Crippen molar-refractivity contribution in [2.45, 2.75) is 32.2 Å². The Labute approximate surface area is 252 Å². The minimum atomic E-state index is -1.57. The number of fused-ring (bicyclic) bond motifs is 4. The first-order valence-electron chi connectivity index (χ1n) is 13.1. The van der Waals surface area contributed by atoms with Crippen LogP contribution in [-0.2, 0) is 10.3 Å². The summed E-state index contributed by atoms with van der Waals surface area (Å²) in [6, 6.07) is 10.5. The van der Waals surface area contributed by atoms with Crippen LogP contribution in [0.4, 0.5) is 11.4 Å². The van der Waals surface area contributed by atoms with E-state index in [1.807, 2.05) is 26.8 Å². The normalized spacial score (nSPS) is 17.1.